The van der Waals surface area contributed by atoms with Gasteiger partial charge in [0.25, 0.3) is 0 Å². The third-order valence-electron chi connectivity index (χ3n) is 10.7. The Morgan fingerprint density at radius 2 is 1.62 bits per heavy atom. The maximum absolute atomic E-state index is 14.2. The normalized spacial score (nSPS) is 20.2. The van der Waals surface area contributed by atoms with Crippen LogP contribution in [0.2, 0.25) is 0 Å². The van der Waals surface area contributed by atoms with E-state index in [0.29, 0.717) is 24.9 Å². The Kier molecular flexibility index (Phi) is 17.7. The Bertz CT molecular complexity index is 1290. The van der Waals surface area contributed by atoms with Gasteiger partial charge in [-0.25, -0.2) is 0 Å². The molecule has 1 aliphatic rings. The number of aliphatic hydroxyl groups is 2. The first-order valence-corrected chi connectivity index (χ1v) is 18.7. The van der Waals surface area contributed by atoms with Gasteiger partial charge in [0.2, 0.25) is 23.6 Å². The Morgan fingerprint density at radius 1 is 1.00 bits per heavy atom. The number of hydrogen-bond donors (Lipinski definition) is 5. The summed E-state index contributed by atoms with van der Waals surface area (Å²) in [5.74, 6) is -2.17. The van der Waals surface area contributed by atoms with Gasteiger partial charge in [0, 0.05) is 27.8 Å². The molecule has 0 saturated carbocycles. The highest BCUT2D eigenvalue weighted by molar-refractivity contribution is 5.91. The van der Waals surface area contributed by atoms with E-state index in [-0.39, 0.29) is 36.1 Å². The summed E-state index contributed by atoms with van der Waals surface area (Å²) >= 11 is 0. The topological polar surface area (TPSA) is 170 Å². The van der Waals surface area contributed by atoms with Crippen molar-refractivity contribution < 1.29 is 38.9 Å². The maximum atomic E-state index is 14.2. The lowest BCUT2D eigenvalue weighted by molar-refractivity contribution is -0.151. The molecule has 1 aromatic carbocycles. The molecule has 13 nitrogen and oxygen atoms in total. The molecule has 0 bridgehead atoms. The number of amides is 4. The number of carbonyl (C=O) groups is 4. The highest BCUT2D eigenvalue weighted by Gasteiger charge is 2.45. The van der Waals surface area contributed by atoms with E-state index >= 15 is 0 Å². The fourth-order valence-corrected chi connectivity index (χ4v) is 7.42. The molecule has 0 aromatic heterocycles. The van der Waals surface area contributed by atoms with Gasteiger partial charge in [-0.2, -0.15) is 0 Å². The molecule has 10 atom stereocenters. The quantitative estimate of drug-likeness (QED) is 0.135. The second kappa shape index (κ2) is 20.4. The number of nitrogens with zero attached hydrogens (tertiary/aromatic N) is 2. The van der Waals surface area contributed by atoms with E-state index in [1.807, 2.05) is 45.9 Å². The van der Waals surface area contributed by atoms with Crippen molar-refractivity contribution in [1.29, 1.82) is 0 Å². The molecule has 52 heavy (non-hydrogen) atoms. The standard InChI is InChI=1S/C39H67N5O8/c1-13-24(4)32(43(10)38(49)35(39(7,8)50)42-37(48)31(40-9)23(2)3)29(51-11)22-30(45)44-21-17-20-28(44)34(52-12)25(5)36(47)41-26(6)33(46)27-18-15-14-16-19-27/h14-16,18-19,23-26,28-29,31-35,40,46,50H,13,17,20-22H2,1-12H3,(H,41,47)(H,42,48)/t24-,25+,26+,28-,29+,31-,32-,33+,34+,35+/m0/s1. The van der Waals surface area contributed by atoms with Gasteiger partial charge in [-0.1, -0.05) is 71.4 Å². The first kappa shape index (κ1) is 45.1. The van der Waals surface area contributed by atoms with Gasteiger partial charge >= 0.3 is 0 Å². The van der Waals surface area contributed by atoms with Crippen molar-refractivity contribution in [2.24, 2.45) is 17.8 Å². The molecule has 1 saturated heterocycles. The molecule has 1 aromatic rings. The van der Waals surface area contributed by atoms with Crippen molar-refractivity contribution in [2.45, 2.75) is 135 Å². The Morgan fingerprint density at radius 3 is 2.12 bits per heavy atom. The van der Waals surface area contributed by atoms with E-state index in [0.717, 1.165) is 6.42 Å². The third kappa shape index (κ3) is 11.4. The van der Waals surface area contributed by atoms with Gasteiger partial charge in [0.05, 0.1) is 60.4 Å². The molecule has 0 aliphatic carbocycles. The van der Waals surface area contributed by atoms with Crippen LogP contribution in [0.5, 0.6) is 0 Å². The molecular weight excluding hydrogens is 666 g/mol. The van der Waals surface area contributed by atoms with Gasteiger partial charge in [-0.15, -0.1) is 0 Å². The summed E-state index contributed by atoms with van der Waals surface area (Å²) in [4.78, 5) is 58.2. The summed E-state index contributed by atoms with van der Waals surface area (Å²) in [7, 11) is 6.34. The lowest BCUT2D eigenvalue weighted by atomic mass is 9.88. The largest absolute Gasteiger partial charge is 0.388 e. The van der Waals surface area contributed by atoms with Crippen LogP contribution in [-0.4, -0.2) is 127 Å². The van der Waals surface area contributed by atoms with Crippen LogP contribution in [0, 0.1) is 17.8 Å². The lowest BCUT2D eigenvalue weighted by Crippen LogP contribution is -2.63. The minimum Gasteiger partial charge on any atom is -0.388 e. The summed E-state index contributed by atoms with van der Waals surface area (Å²) in [5.41, 5.74) is -0.893. The maximum Gasteiger partial charge on any atom is 0.248 e. The molecule has 13 heteroatoms. The average molecular weight is 734 g/mol. The number of carbonyl (C=O) groups excluding carboxylic acids is 4. The van der Waals surface area contributed by atoms with E-state index in [2.05, 4.69) is 16.0 Å². The van der Waals surface area contributed by atoms with Gasteiger partial charge < -0.3 is 45.4 Å². The summed E-state index contributed by atoms with van der Waals surface area (Å²) in [6.45, 7) is 14.7. The highest BCUT2D eigenvalue weighted by atomic mass is 16.5. The minimum absolute atomic E-state index is 0.0360. The molecule has 0 unspecified atom stereocenters. The van der Waals surface area contributed by atoms with Crippen LogP contribution in [0.25, 0.3) is 0 Å². The van der Waals surface area contributed by atoms with Gasteiger partial charge in [-0.05, 0) is 58.1 Å². The first-order chi connectivity index (χ1) is 24.4. The van der Waals surface area contributed by atoms with Crippen LogP contribution in [0.1, 0.15) is 92.7 Å². The van der Waals surface area contributed by atoms with Crippen LogP contribution in [0.15, 0.2) is 30.3 Å². The Balaban J connectivity index is 2.27. The summed E-state index contributed by atoms with van der Waals surface area (Å²) in [5, 5.41) is 30.6. The summed E-state index contributed by atoms with van der Waals surface area (Å²) in [6, 6.07) is 5.81. The van der Waals surface area contributed by atoms with E-state index in [1.54, 1.807) is 45.0 Å². The molecule has 4 amide bonds. The summed E-state index contributed by atoms with van der Waals surface area (Å²) in [6.07, 6.45) is -0.192. The fraction of sp³-hybridized carbons (Fsp3) is 0.744. The molecule has 1 heterocycles. The van der Waals surface area contributed by atoms with E-state index in [9.17, 15) is 29.4 Å². The minimum atomic E-state index is -1.59. The molecule has 296 valence electrons. The van der Waals surface area contributed by atoms with Gasteiger partial charge in [-0.3, -0.25) is 19.2 Å². The van der Waals surface area contributed by atoms with Gasteiger partial charge in [0.15, 0.2) is 0 Å². The van der Waals surface area contributed by atoms with Crippen molar-refractivity contribution >= 4 is 23.6 Å². The fourth-order valence-electron chi connectivity index (χ4n) is 7.42. The number of likely N-dealkylation sites (N-methyl/N-ethyl adjacent to an activating group) is 2. The molecule has 0 radical (unpaired) electrons. The number of ether oxygens (including phenoxy) is 2. The smallest absolute Gasteiger partial charge is 0.248 e. The number of rotatable bonds is 20. The number of methoxy groups -OCH3 is 2. The van der Waals surface area contributed by atoms with Crippen molar-refractivity contribution in [3.05, 3.63) is 35.9 Å². The van der Waals surface area contributed by atoms with Crippen molar-refractivity contribution in [1.82, 2.24) is 25.8 Å². The number of aliphatic hydroxyl groups excluding tert-OH is 1. The van der Waals surface area contributed by atoms with E-state index < -0.39 is 65.8 Å². The lowest BCUT2D eigenvalue weighted by Gasteiger charge is -2.42. The SMILES string of the molecule is CC[C@H](C)[C@@H]([C@@H](CC(=O)N1CCC[C@H]1[C@H](OC)[C@@H](C)C(=O)N[C@H](C)[C@@H](O)c1ccccc1)OC)N(C)C(=O)[C@@H](NC(=O)[C@@H](NC)C(C)C)C(C)(C)O. The van der Waals surface area contributed by atoms with Crippen LogP contribution < -0.4 is 16.0 Å². The van der Waals surface area contributed by atoms with Crippen molar-refractivity contribution in [3.63, 3.8) is 0 Å². The zero-order chi connectivity index (χ0) is 39.5. The number of likely N-dealkylation sites (tertiary alicyclic amines) is 1. The molecule has 0 spiro atoms. The predicted octanol–water partition coefficient (Wildman–Crippen LogP) is 2.64. The van der Waals surface area contributed by atoms with Crippen LogP contribution in [0.4, 0.5) is 0 Å². The van der Waals surface area contributed by atoms with E-state index in [1.165, 1.54) is 33.0 Å². The second-order valence-electron chi connectivity index (χ2n) is 15.3. The molecule has 1 fully saturated rings. The Labute approximate surface area is 311 Å². The number of hydrogen-bond acceptors (Lipinski definition) is 9. The first-order valence-electron chi connectivity index (χ1n) is 18.7. The second-order valence-corrected chi connectivity index (χ2v) is 15.3. The molecule has 2 rings (SSSR count). The molecular formula is C39H67N5O8. The van der Waals surface area contributed by atoms with Crippen molar-refractivity contribution in [3.8, 4) is 0 Å². The van der Waals surface area contributed by atoms with Crippen molar-refractivity contribution in [2.75, 3.05) is 34.9 Å². The predicted molar refractivity (Wildman–Crippen MR) is 201 cm³/mol. The molecule has 5 N–H and O–H groups in total. The monoisotopic (exact) mass is 733 g/mol. The van der Waals surface area contributed by atoms with Crippen LogP contribution in [-0.2, 0) is 28.7 Å². The van der Waals surface area contributed by atoms with E-state index in [4.69, 9.17) is 9.47 Å². The zero-order valence-electron chi connectivity index (χ0n) is 33.5. The van der Waals surface area contributed by atoms with Crippen LogP contribution in [0.3, 0.4) is 0 Å². The Hall–Kier alpha value is -3.10. The summed E-state index contributed by atoms with van der Waals surface area (Å²) < 4.78 is 11.9. The van der Waals surface area contributed by atoms with Gasteiger partial charge in [0.1, 0.15) is 6.04 Å². The molecule has 1 aliphatic heterocycles. The number of benzene rings is 1. The highest BCUT2D eigenvalue weighted by Crippen LogP contribution is 2.30. The number of nitrogens with one attached hydrogen (secondary N) is 3. The average Bonchev–Trinajstić information content (AvgIpc) is 3.59. The third-order valence-corrected chi connectivity index (χ3v) is 10.7. The van der Waals surface area contributed by atoms with Crippen LogP contribution >= 0.6 is 0 Å². The zero-order valence-corrected chi connectivity index (χ0v) is 33.5.